The zero-order valence-corrected chi connectivity index (χ0v) is 20.4. The number of aliphatic imine (C=N–C) groups is 1. The topological polar surface area (TPSA) is 50.4 Å². The molecule has 4 nitrogen and oxygen atoms in total. The predicted molar refractivity (Wildman–Crippen MR) is 144 cm³/mol. The second-order valence-corrected chi connectivity index (χ2v) is 9.43. The molecule has 0 bridgehead atoms. The maximum atomic E-state index is 11.8. The highest BCUT2D eigenvalue weighted by Crippen LogP contribution is 2.43. The summed E-state index contributed by atoms with van der Waals surface area (Å²) >= 11 is 3.55. The van der Waals surface area contributed by atoms with Crippen molar-refractivity contribution in [3.8, 4) is 22.5 Å². The molecule has 6 rings (SSSR count). The van der Waals surface area contributed by atoms with Crippen molar-refractivity contribution in [1.82, 2.24) is 9.55 Å². The fourth-order valence-corrected chi connectivity index (χ4v) is 5.00. The molecule has 1 aliphatic rings. The van der Waals surface area contributed by atoms with Crippen LogP contribution in [0.5, 0.6) is 0 Å². The van der Waals surface area contributed by atoms with Crippen LogP contribution in [0.3, 0.4) is 0 Å². The number of imidazole rings is 1. The standard InChI is InChI=1S/C30H22BrN3O/c31-24-18-16-23(17-19-24)28-29(35)26(21-12-6-2-7-13-21)33-30-32-25(20-10-4-1-5-11-20)27(34(28)30)22-14-8-3-9-15-22/h1-19,28-29,35H. The van der Waals surface area contributed by atoms with Crippen LogP contribution in [0.4, 0.5) is 5.95 Å². The zero-order chi connectivity index (χ0) is 23.8. The highest BCUT2D eigenvalue weighted by Gasteiger charge is 2.37. The van der Waals surface area contributed by atoms with Crippen LogP contribution in [-0.4, -0.2) is 26.5 Å². The van der Waals surface area contributed by atoms with E-state index in [2.05, 4.69) is 44.8 Å². The summed E-state index contributed by atoms with van der Waals surface area (Å²) in [6, 6.07) is 37.9. The highest BCUT2D eigenvalue weighted by atomic mass is 79.9. The van der Waals surface area contributed by atoms with E-state index in [1.165, 1.54) is 0 Å². The number of aliphatic hydroxyl groups is 1. The van der Waals surface area contributed by atoms with Crippen LogP contribution in [0.25, 0.3) is 22.5 Å². The number of aliphatic hydroxyl groups excluding tert-OH is 1. The number of nitrogens with zero attached hydrogens (tertiary/aromatic N) is 3. The summed E-state index contributed by atoms with van der Waals surface area (Å²) in [4.78, 5) is 9.99. The Balaban J connectivity index is 1.67. The summed E-state index contributed by atoms with van der Waals surface area (Å²) in [5.74, 6) is 0.583. The average Bonchev–Trinajstić information content (AvgIpc) is 3.30. The van der Waals surface area contributed by atoms with Crippen molar-refractivity contribution in [3.05, 3.63) is 131 Å². The van der Waals surface area contributed by atoms with Gasteiger partial charge in [0.2, 0.25) is 5.95 Å². The molecule has 1 aromatic heterocycles. The van der Waals surface area contributed by atoms with Gasteiger partial charge < -0.3 is 5.11 Å². The summed E-state index contributed by atoms with van der Waals surface area (Å²) in [6.45, 7) is 0. The van der Waals surface area contributed by atoms with Crippen LogP contribution in [0, 0.1) is 0 Å². The molecule has 0 amide bonds. The molecule has 5 heteroatoms. The molecule has 1 N–H and O–H groups in total. The Hall–Kier alpha value is -3.80. The molecular formula is C30H22BrN3O. The summed E-state index contributed by atoms with van der Waals surface area (Å²) in [7, 11) is 0. The number of rotatable bonds is 4. The van der Waals surface area contributed by atoms with Gasteiger partial charge in [-0.1, -0.05) is 119 Å². The Kier molecular flexibility index (Phi) is 5.64. The minimum absolute atomic E-state index is 0.397. The lowest BCUT2D eigenvalue weighted by atomic mass is 9.92. The lowest BCUT2D eigenvalue weighted by Gasteiger charge is -2.32. The van der Waals surface area contributed by atoms with Crippen molar-refractivity contribution in [1.29, 1.82) is 0 Å². The highest BCUT2D eigenvalue weighted by molar-refractivity contribution is 9.10. The van der Waals surface area contributed by atoms with Gasteiger partial charge in [0, 0.05) is 15.6 Å². The molecule has 0 spiro atoms. The summed E-state index contributed by atoms with van der Waals surface area (Å²) in [6.07, 6.45) is -0.855. The van der Waals surface area contributed by atoms with Crippen LogP contribution >= 0.6 is 15.9 Å². The van der Waals surface area contributed by atoms with Crippen LogP contribution in [0.2, 0.25) is 0 Å². The van der Waals surface area contributed by atoms with Gasteiger partial charge in [-0.25, -0.2) is 9.98 Å². The van der Waals surface area contributed by atoms with Gasteiger partial charge in [0.1, 0.15) is 6.10 Å². The Labute approximate surface area is 212 Å². The fraction of sp³-hybridized carbons (Fsp3) is 0.0667. The van der Waals surface area contributed by atoms with Gasteiger partial charge >= 0.3 is 0 Å². The number of hydrogen-bond donors (Lipinski definition) is 1. The molecule has 4 aromatic carbocycles. The third-order valence-corrected chi connectivity index (χ3v) is 6.87. The first-order chi connectivity index (χ1) is 17.2. The van der Waals surface area contributed by atoms with Crippen molar-refractivity contribution in [2.75, 3.05) is 0 Å². The molecule has 35 heavy (non-hydrogen) atoms. The third kappa shape index (κ3) is 3.93. The maximum Gasteiger partial charge on any atom is 0.231 e. The second-order valence-electron chi connectivity index (χ2n) is 8.52. The van der Waals surface area contributed by atoms with Crippen LogP contribution in [0.1, 0.15) is 17.2 Å². The summed E-state index contributed by atoms with van der Waals surface area (Å²) in [5, 5.41) is 11.8. The van der Waals surface area contributed by atoms with E-state index in [4.69, 9.17) is 9.98 Å². The first kappa shape index (κ1) is 21.7. The molecule has 0 aliphatic carbocycles. The molecule has 2 unspecified atom stereocenters. The van der Waals surface area contributed by atoms with Crippen molar-refractivity contribution < 1.29 is 5.11 Å². The van der Waals surface area contributed by atoms with Crippen molar-refractivity contribution >= 4 is 27.6 Å². The number of fused-ring (bicyclic) bond motifs is 1. The predicted octanol–water partition coefficient (Wildman–Crippen LogP) is 7.06. The Morgan fingerprint density at radius 1 is 0.657 bits per heavy atom. The molecular weight excluding hydrogens is 498 g/mol. The molecule has 2 atom stereocenters. The van der Waals surface area contributed by atoms with Crippen molar-refractivity contribution in [2.24, 2.45) is 4.99 Å². The molecule has 0 fully saturated rings. The van der Waals surface area contributed by atoms with Crippen LogP contribution in [-0.2, 0) is 0 Å². The molecule has 0 saturated carbocycles. The van der Waals surface area contributed by atoms with E-state index in [0.29, 0.717) is 11.7 Å². The van der Waals surface area contributed by atoms with Crippen LogP contribution in [0.15, 0.2) is 125 Å². The lowest BCUT2D eigenvalue weighted by Crippen LogP contribution is -2.36. The number of halogens is 1. The maximum absolute atomic E-state index is 11.8. The zero-order valence-electron chi connectivity index (χ0n) is 18.8. The van der Waals surface area contributed by atoms with Crippen LogP contribution < -0.4 is 0 Å². The van der Waals surface area contributed by atoms with Gasteiger partial charge in [0.05, 0.1) is 23.1 Å². The average molecular weight is 520 g/mol. The van der Waals surface area contributed by atoms with E-state index in [1.807, 2.05) is 91.0 Å². The number of aromatic nitrogens is 2. The molecule has 5 aromatic rings. The van der Waals surface area contributed by atoms with Gasteiger partial charge in [0.15, 0.2) is 0 Å². The van der Waals surface area contributed by atoms with Gasteiger partial charge in [-0.3, -0.25) is 4.57 Å². The Bertz CT molecular complexity index is 1490. The minimum atomic E-state index is -0.855. The van der Waals surface area contributed by atoms with Gasteiger partial charge in [-0.05, 0) is 23.3 Å². The Morgan fingerprint density at radius 3 is 1.80 bits per heavy atom. The van der Waals surface area contributed by atoms with E-state index >= 15 is 0 Å². The van der Waals surface area contributed by atoms with E-state index in [-0.39, 0.29) is 0 Å². The normalized spacial score (nSPS) is 17.0. The summed E-state index contributed by atoms with van der Waals surface area (Å²) < 4.78 is 3.08. The molecule has 0 radical (unpaired) electrons. The molecule has 2 heterocycles. The molecule has 1 aliphatic heterocycles. The minimum Gasteiger partial charge on any atom is -0.384 e. The fourth-order valence-electron chi connectivity index (χ4n) is 4.73. The summed E-state index contributed by atoms with van der Waals surface area (Å²) in [5.41, 5.74) is 6.31. The van der Waals surface area contributed by atoms with Gasteiger partial charge in [-0.2, -0.15) is 0 Å². The molecule has 0 saturated heterocycles. The lowest BCUT2D eigenvalue weighted by molar-refractivity contribution is 0.191. The van der Waals surface area contributed by atoms with E-state index in [9.17, 15) is 5.11 Å². The van der Waals surface area contributed by atoms with Gasteiger partial charge in [0.25, 0.3) is 0 Å². The first-order valence-electron chi connectivity index (χ1n) is 11.5. The number of hydrogen-bond acceptors (Lipinski definition) is 3. The van der Waals surface area contributed by atoms with E-state index in [0.717, 1.165) is 38.1 Å². The van der Waals surface area contributed by atoms with Crippen molar-refractivity contribution in [2.45, 2.75) is 12.1 Å². The van der Waals surface area contributed by atoms with E-state index in [1.54, 1.807) is 0 Å². The smallest absolute Gasteiger partial charge is 0.231 e. The number of benzene rings is 4. The monoisotopic (exact) mass is 519 g/mol. The quantitative estimate of drug-likeness (QED) is 0.276. The first-order valence-corrected chi connectivity index (χ1v) is 12.3. The van der Waals surface area contributed by atoms with Gasteiger partial charge in [-0.15, -0.1) is 0 Å². The van der Waals surface area contributed by atoms with E-state index < -0.39 is 12.1 Å². The SMILES string of the molecule is OC1C(c2ccccc2)=Nc2nc(-c3ccccc3)c(-c3ccccc3)n2C1c1ccc(Br)cc1. The van der Waals surface area contributed by atoms with Crippen molar-refractivity contribution in [3.63, 3.8) is 0 Å². The molecule has 170 valence electrons. The largest absolute Gasteiger partial charge is 0.384 e. The Morgan fingerprint density at radius 2 is 1.20 bits per heavy atom. The second kappa shape index (κ2) is 9.10. The third-order valence-electron chi connectivity index (χ3n) is 6.35.